The summed E-state index contributed by atoms with van der Waals surface area (Å²) in [6, 6.07) is 22.4. The van der Waals surface area contributed by atoms with Crippen LogP contribution in [0.15, 0.2) is 89.9 Å². The predicted molar refractivity (Wildman–Crippen MR) is 139 cm³/mol. The Labute approximate surface area is 205 Å². The van der Waals surface area contributed by atoms with Gasteiger partial charge >= 0.3 is 0 Å². The van der Waals surface area contributed by atoms with Crippen LogP contribution in [0.5, 0.6) is 5.75 Å². The fourth-order valence-corrected chi connectivity index (χ4v) is 4.31. The summed E-state index contributed by atoms with van der Waals surface area (Å²) in [7, 11) is 4.09. The summed E-state index contributed by atoms with van der Waals surface area (Å²) >= 11 is 0. The highest BCUT2D eigenvalue weighted by molar-refractivity contribution is 6.02. The van der Waals surface area contributed by atoms with E-state index in [1.807, 2.05) is 75.6 Å². The minimum atomic E-state index is 0.0587. The maximum atomic E-state index is 5.69. The van der Waals surface area contributed by atoms with Crippen molar-refractivity contribution in [2.45, 2.75) is 13.0 Å². The van der Waals surface area contributed by atoms with Gasteiger partial charge in [-0.3, -0.25) is 4.90 Å². The van der Waals surface area contributed by atoms with Gasteiger partial charge < -0.3 is 19.0 Å². The van der Waals surface area contributed by atoms with Crippen LogP contribution >= 0.6 is 0 Å². The zero-order valence-electron chi connectivity index (χ0n) is 20.2. The molecule has 0 radical (unpaired) electrons. The maximum Gasteiger partial charge on any atom is 0.150 e. The Balaban J connectivity index is 1.59. The smallest absolute Gasteiger partial charge is 0.150 e. The van der Waals surface area contributed by atoms with Crippen LogP contribution in [0.4, 0.5) is 5.82 Å². The Kier molecular flexibility index (Phi) is 6.50. The molecule has 3 heterocycles. The second-order valence-corrected chi connectivity index (χ2v) is 8.50. The van der Waals surface area contributed by atoms with Crippen molar-refractivity contribution in [3.63, 3.8) is 0 Å². The van der Waals surface area contributed by atoms with E-state index in [4.69, 9.17) is 9.15 Å². The van der Waals surface area contributed by atoms with Crippen molar-refractivity contribution in [3.8, 4) is 22.6 Å². The molecule has 178 valence electrons. The van der Waals surface area contributed by atoms with E-state index in [0.29, 0.717) is 13.2 Å². The molecule has 0 aliphatic carbocycles. The number of hydrogen-bond donors (Lipinski definition) is 1. The van der Waals surface area contributed by atoms with Gasteiger partial charge in [0.15, 0.2) is 5.65 Å². The highest BCUT2D eigenvalue weighted by atomic mass is 16.5. The number of nitrogens with one attached hydrogen (secondary N) is 1. The molecule has 0 saturated heterocycles. The molecule has 0 unspecified atom stereocenters. The van der Waals surface area contributed by atoms with Crippen LogP contribution < -0.4 is 10.1 Å². The van der Waals surface area contributed by atoms with E-state index in [2.05, 4.69) is 43.1 Å². The average molecular weight is 468 g/mol. The number of fused-ring (bicyclic) bond motifs is 1. The van der Waals surface area contributed by atoms with Gasteiger partial charge in [0.2, 0.25) is 0 Å². The summed E-state index contributed by atoms with van der Waals surface area (Å²) in [6.07, 6.45) is 5.45. The molecule has 0 fully saturated rings. The number of aromatic nitrogens is 3. The van der Waals surface area contributed by atoms with Crippen LogP contribution in [0.2, 0.25) is 0 Å². The van der Waals surface area contributed by atoms with E-state index in [9.17, 15) is 0 Å². The molecule has 0 bridgehead atoms. The standard InChI is InChI=1S/C28H29N5O2/c1-4-34-22-14-12-21(13-15-22)33-18-23(20-9-6-5-7-10-20)26-27(30-19-31-28(26)33)29-17-24(32(2)3)25-11-8-16-35-25/h5-16,18-19,24H,4,17H2,1-3H3,(H,29,30,31)/t24-/m0/s1. The van der Waals surface area contributed by atoms with Crippen LogP contribution in [-0.2, 0) is 0 Å². The van der Waals surface area contributed by atoms with Crippen molar-refractivity contribution in [1.29, 1.82) is 0 Å². The van der Waals surface area contributed by atoms with Gasteiger partial charge in [-0.05, 0) is 63.0 Å². The van der Waals surface area contributed by atoms with Gasteiger partial charge in [0.05, 0.1) is 24.3 Å². The van der Waals surface area contributed by atoms with Gasteiger partial charge in [-0.25, -0.2) is 9.97 Å². The van der Waals surface area contributed by atoms with E-state index < -0.39 is 0 Å². The van der Waals surface area contributed by atoms with E-state index >= 15 is 0 Å². The summed E-state index contributed by atoms with van der Waals surface area (Å²) in [5, 5.41) is 4.55. The predicted octanol–water partition coefficient (Wildman–Crippen LogP) is 5.79. The van der Waals surface area contributed by atoms with Crippen molar-refractivity contribution in [2.75, 3.05) is 32.6 Å². The zero-order chi connectivity index (χ0) is 24.2. The molecule has 5 rings (SSSR count). The number of benzene rings is 2. The third-order valence-electron chi connectivity index (χ3n) is 6.05. The zero-order valence-corrected chi connectivity index (χ0v) is 20.2. The molecule has 0 aliphatic rings. The lowest BCUT2D eigenvalue weighted by molar-refractivity contribution is 0.269. The number of nitrogens with zero attached hydrogens (tertiary/aromatic N) is 4. The van der Waals surface area contributed by atoms with Crippen LogP contribution in [0, 0.1) is 0 Å². The number of hydrogen-bond acceptors (Lipinski definition) is 6. The number of likely N-dealkylation sites (N-methyl/N-ethyl adjacent to an activating group) is 1. The maximum absolute atomic E-state index is 5.69. The molecule has 0 saturated carbocycles. The number of furan rings is 1. The molecule has 1 atom stereocenters. The van der Waals surface area contributed by atoms with Gasteiger partial charge in [0.1, 0.15) is 23.7 Å². The molecular formula is C28H29N5O2. The molecule has 35 heavy (non-hydrogen) atoms. The van der Waals surface area contributed by atoms with Crippen molar-refractivity contribution in [2.24, 2.45) is 0 Å². The molecule has 7 nitrogen and oxygen atoms in total. The van der Waals surface area contributed by atoms with E-state index in [1.165, 1.54) is 0 Å². The van der Waals surface area contributed by atoms with Gasteiger partial charge in [-0.1, -0.05) is 30.3 Å². The molecule has 7 heteroatoms. The molecule has 0 aliphatic heterocycles. The third kappa shape index (κ3) is 4.63. The SMILES string of the molecule is CCOc1ccc(-n2cc(-c3ccccc3)c3c(NC[C@@H](c4ccco4)N(C)C)ncnc32)cc1. The van der Waals surface area contributed by atoms with Crippen LogP contribution in [0.1, 0.15) is 18.7 Å². The van der Waals surface area contributed by atoms with Gasteiger partial charge in [0.25, 0.3) is 0 Å². The summed E-state index contributed by atoms with van der Waals surface area (Å²) in [6.45, 7) is 3.25. The number of anilines is 1. The Morgan fingerprint density at radius 1 is 1.00 bits per heavy atom. The molecule has 1 N–H and O–H groups in total. The highest BCUT2D eigenvalue weighted by Gasteiger charge is 2.21. The van der Waals surface area contributed by atoms with Gasteiger partial charge in [0, 0.05) is 24.0 Å². The molecule has 3 aromatic heterocycles. The second-order valence-electron chi connectivity index (χ2n) is 8.50. The molecular weight excluding hydrogens is 438 g/mol. The fraction of sp³-hybridized carbons (Fsp3) is 0.214. The molecule has 5 aromatic rings. The van der Waals surface area contributed by atoms with Crippen molar-refractivity contribution in [3.05, 3.63) is 91.3 Å². The minimum Gasteiger partial charge on any atom is -0.494 e. The minimum absolute atomic E-state index is 0.0587. The van der Waals surface area contributed by atoms with Crippen LogP contribution in [-0.4, -0.2) is 46.7 Å². The first-order chi connectivity index (χ1) is 17.2. The number of ether oxygens (including phenoxy) is 1. The van der Waals surface area contributed by atoms with E-state index in [0.717, 1.165) is 45.2 Å². The van der Waals surface area contributed by atoms with Crippen LogP contribution in [0.25, 0.3) is 27.8 Å². The Bertz CT molecular complexity index is 1380. The van der Waals surface area contributed by atoms with E-state index in [-0.39, 0.29) is 6.04 Å². The summed E-state index contributed by atoms with van der Waals surface area (Å²) in [5.74, 6) is 2.54. The quantitative estimate of drug-likeness (QED) is 0.296. The lowest BCUT2D eigenvalue weighted by Gasteiger charge is -2.23. The highest BCUT2D eigenvalue weighted by Crippen LogP contribution is 2.36. The topological polar surface area (TPSA) is 68.3 Å². The second kappa shape index (κ2) is 10.0. The summed E-state index contributed by atoms with van der Waals surface area (Å²) < 4.78 is 13.4. The summed E-state index contributed by atoms with van der Waals surface area (Å²) in [5.41, 5.74) is 4.02. The molecule has 2 aromatic carbocycles. The van der Waals surface area contributed by atoms with Gasteiger partial charge in [-0.2, -0.15) is 0 Å². The lowest BCUT2D eigenvalue weighted by Crippen LogP contribution is -2.26. The third-order valence-corrected chi connectivity index (χ3v) is 6.05. The Hall–Kier alpha value is -4.10. The molecule has 0 spiro atoms. The first-order valence-electron chi connectivity index (χ1n) is 11.7. The van der Waals surface area contributed by atoms with E-state index in [1.54, 1.807) is 12.6 Å². The lowest BCUT2D eigenvalue weighted by atomic mass is 10.1. The number of rotatable bonds is 9. The Morgan fingerprint density at radius 3 is 2.49 bits per heavy atom. The van der Waals surface area contributed by atoms with Crippen molar-refractivity contribution < 1.29 is 9.15 Å². The van der Waals surface area contributed by atoms with Gasteiger partial charge in [-0.15, -0.1) is 0 Å². The molecule has 0 amide bonds. The summed E-state index contributed by atoms with van der Waals surface area (Å²) in [4.78, 5) is 11.5. The first kappa shape index (κ1) is 22.7. The average Bonchev–Trinajstić information content (AvgIpc) is 3.54. The van der Waals surface area contributed by atoms with Crippen molar-refractivity contribution in [1.82, 2.24) is 19.4 Å². The Morgan fingerprint density at radius 2 is 1.80 bits per heavy atom. The first-order valence-corrected chi connectivity index (χ1v) is 11.7. The van der Waals surface area contributed by atoms with Crippen molar-refractivity contribution >= 4 is 16.9 Å². The normalized spacial score (nSPS) is 12.2. The fourth-order valence-electron chi connectivity index (χ4n) is 4.31. The monoisotopic (exact) mass is 467 g/mol. The largest absolute Gasteiger partial charge is 0.494 e. The van der Waals surface area contributed by atoms with Crippen LogP contribution in [0.3, 0.4) is 0 Å².